The van der Waals surface area contributed by atoms with Crippen molar-refractivity contribution in [2.45, 2.75) is 26.4 Å². The van der Waals surface area contributed by atoms with Crippen LogP contribution >= 0.6 is 11.6 Å². The lowest BCUT2D eigenvalue weighted by molar-refractivity contribution is 0.171. The van der Waals surface area contributed by atoms with Gasteiger partial charge >= 0.3 is 0 Å². The Kier molecular flexibility index (Phi) is 4.35. The molecular weight excluding hydrogens is 276 g/mol. The minimum absolute atomic E-state index is 0.399. The molecule has 1 atom stereocenters. The summed E-state index contributed by atoms with van der Waals surface area (Å²) in [6.07, 6.45) is -0.284. The summed E-state index contributed by atoms with van der Waals surface area (Å²) in [5, 5.41) is 15.4. The van der Waals surface area contributed by atoms with Gasteiger partial charge in [-0.25, -0.2) is 0 Å². The first-order valence-corrected chi connectivity index (χ1v) is 6.82. The third-order valence-electron chi connectivity index (χ3n) is 3.39. The normalized spacial score (nSPS) is 12.5. The van der Waals surface area contributed by atoms with Gasteiger partial charge in [0.1, 0.15) is 5.75 Å². The number of halogens is 1. The molecule has 0 fully saturated rings. The number of methoxy groups -OCH3 is 1. The molecule has 1 aromatic carbocycles. The van der Waals surface area contributed by atoms with Crippen LogP contribution in [-0.2, 0) is 13.5 Å². The summed E-state index contributed by atoms with van der Waals surface area (Å²) in [7, 11) is 3.43. The van der Waals surface area contributed by atoms with Crippen LogP contribution in [0.5, 0.6) is 5.75 Å². The summed E-state index contributed by atoms with van der Waals surface area (Å²) < 4.78 is 7.02. The van der Waals surface area contributed by atoms with E-state index in [0.29, 0.717) is 17.2 Å². The number of ether oxygens (including phenoxy) is 1. The highest BCUT2D eigenvalue weighted by Gasteiger charge is 2.19. The Morgan fingerprint density at radius 1 is 1.40 bits per heavy atom. The maximum atomic E-state index is 10.5. The first kappa shape index (κ1) is 14.9. The number of rotatable bonds is 4. The van der Waals surface area contributed by atoms with Crippen molar-refractivity contribution in [2.24, 2.45) is 7.05 Å². The zero-order valence-electron chi connectivity index (χ0n) is 12.1. The average Bonchev–Trinajstić information content (AvgIpc) is 2.65. The standard InChI is InChI=1S/C15H19ClN2O2/c1-9-5-6-14(20-4)11(7-9)13(19)8-12-15(16)10(2)17-18(12)3/h5-7,13,19H,8H2,1-4H3. The molecule has 1 unspecified atom stereocenters. The summed E-state index contributed by atoms with van der Waals surface area (Å²) in [4.78, 5) is 0. The molecular formula is C15H19ClN2O2. The summed E-state index contributed by atoms with van der Waals surface area (Å²) in [6, 6.07) is 5.75. The summed E-state index contributed by atoms with van der Waals surface area (Å²) >= 11 is 6.22. The Hall–Kier alpha value is -1.52. The van der Waals surface area contributed by atoms with Crippen LogP contribution in [-0.4, -0.2) is 22.0 Å². The van der Waals surface area contributed by atoms with E-state index in [2.05, 4.69) is 5.10 Å². The zero-order valence-corrected chi connectivity index (χ0v) is 12.9. The maximum absolute atomic E-state index is 10.5. The molecule has 0 aliphatic heterocycles. The minimum atomic E-state index is -0.683. The average molecular weight is 295 g/mol. The molecule has 0 amide bonds. The lowest BCUT2D eigenvalue weighted by Crippen LogP contribution is -2.08. The van der Waals surface area contributed by atoms with Gasteiger partial charge in [-0.3, -0.25) is 4.68 Å². The van der Waals surface area contributed by atoms with Crippen molar-refractivity contribution in [1.29, 1.82) is 0 Å². The lowest BCUT2D eigenvalue weighted by atomic mass is 10.0. The molecule has 1 heterocycles. The fourth-order valence-electron chi connectivity index (χ4n) is 2.31. The van der Waals surface area contributed by atoms with Gasteiger partial charge in [0.2, 0.25) is 0 Å². The zero-order chi connectivity index (χ0) is 14.9. The van der Waals surface area contributed by atoms with E-state index in [1.165, 1.54) is 0 Å². The molecule has 4 nitrogen and oxygen atoms in total. The van der Waals surface area contributed by atoms with Gasteiger partial charge in [-0.05, 0) is 26.0 Å². The number of aromatic nitrogens is 2. The molecule has 108 valence electrons. The summed E-state index contributed by atoms with van der Waals surface area (Å²) in [5.41, 5.74) is 3.43. The van der Waals surface area contributed by atoms with Gasteiger partial charge in [-0.15, -0.1) is 0 Å². The number of aliphatic hydroxyl groups excluding tert-OH is 1. The molecule has 1 N–H and O–H groups in total. The van der Waals surface area contributed by atoms with E-state index in [1.807, 2.05) is 39.1 Å². The van der Waals surface area contributed by atoms with Gasteiger partial charge in [-0.1, -0.05) is 23.2 Å². The van der Waals surface area contributed by atoms with Crippen LogP contribution in [0.15, 0.2) is 18.2 Å². The van der Waals surface area contributed by atoms with E-state index in [-0.39, 0.29) is 0 Å². The second-order valence-electron chi connectivity index (χ2n) is 4.94. The van der Waals surface area contributed by atoms with Gasteiger partial charge in [0, 0.05) is 19.0 Å². The molecule has 20 heavy (non-hydrogen) atoms. The fraction of sp³-hybridized carbons (Fsp3) is 0.400. The summed E-state index contributed by atoms with van der Waals surface area (Å²) in [5.74, 6) is 0.679. The summed E-state index contributed by atoms with van der Waals surface area (Å²) in [6.45, 7) is 3.84. The Morgan fingerprint density at radius 3 is 2.65 bits per heavy atom. The predicted octanol–water partition coefficient (Wildman–Crippen LogP) is 2.98. The minimum Gasteiger partial charge on any atom is -0.496 e. The Labute approximate surface area is 123 Å². The van der Waals surface area contributed by atoms with E-state index in [0.717, 1.165) is 22.5 Å². The number of hydrogen-bond acceptors (Lipinski definition) is 3. The second kappa shape index (κ2) is 5.85. The lowest BCUT2D eigenvalue weighted by Gasteiger charge is -2.16. The molecule has 0 aliphatic carbocycles. The van der Waals surface area contributed by atoms with Gasteiger partial charge in [-0.2, -0.15) is 5.10 Å². The van der Waals surface area contributed by atoms with Crippen molar-refractivity contribution in [3.63, 3.8) is 0 Å². The fourth-order valence-corrected chi connectivity index (χ4v) is 2.55. The highest BCUT2D eigenvalue weighted by molar-refractivity contribution is 6.31. The third-order valence-corrected chi connectivity index (χ3v) is 3.88. The first-order chi connectivity index (χ1) is 9.43. The van der Waals surface area contributed by atoms with E-state index in [1.54, 1.807) is 11.8 Å². The van der Waals surface area contributed by atoms with Crippen LogP contribution in [0.25, 0.3) is 0 Å². The van der Waals surface area contributed by atoms with Crippen molar-refractivity contribution in [2.75, 3.05) is 7.11 Å². The maximum Gasteiger partial charge on any atom is 0.124 e. The topological polar surface area (TPSA) is 47.3 Å². The Bertz CT molecular complexity index is 623. The van der Waals surface area contributed by atoms with Crippen molar-refractivity contribution in [3.05, 3.63) is 45.7 Å². The van der Waals surface area contributed by atoms with Crippen molar-refractivity contribution in [3.8, 4) is 5.75 Å². The van der Waals surface area contributed by atoms with E-state index in [4.69, 9.17) is 16.3 Å². The highest BCUT2D eigenvalue weighted by atomic mass is 35.5. The van der Waals surface area contributed by atoms with Crippen LogP contribution in [0.2, 0.25) is 5.02 Å². The van der Waals surface area contributed by atoms with E-state index >= 15 is 0 Å². The van der Waals surface area contributed by atoms with Crippen molar-refractivity contribution in [1.82, 2.24) is 9.78 Å². The van der Waals surface area contributed by atoms with Gasteiger partial charge in [0.05, 0.1) is 29.6 Å². The quantitative estimate of drug-likeness (QED) is 0.943. The van der Waals surface area contributed by atoms with Gasteiger partial charge < -0.3 is 9.84 Å². The molecule has 0 saturated carbocycles. The molecule has 1 aromatic heterocycles. The Morgan fingerprint density at radius 2 is 2.10 bits per heavy atom. The van der Waals surface area contributed by atoms with Crippen LogP contribution in [0.3, 0.4) is 0 Å². The number of aryl methyl sites for hydroxylation is 3. The largest absolute Gasteiger partial charge is 0.496 e. The number of hydrogen-bond donors (Lipinski definition) is 1. The van der Waals surface area contributed by atoms with Gasteiger partial charge in [0.15, 0.2) is 0 Å². The molecule has 2 rings (SSSR count). The molecule has 0 aliphatic rings. The van der Waals surface area contributed by atoms with Crippen LogP contribution in [0.1, 0.15) is 28.6 Å². The molecule has 0 saturated heterocycles. The van der Waals surface area contributed by atoms with E-state index < -0.39 is 6.10 Å². The number of aliphatic hydroxyl groups is 1. The first-order valence-electron chi connectivity index (χ1n) is 6.44. The third kappa shape index (κ3) is 2.81. The van der Waals surface area contributed by atoms with Crippen LogP contribution < -0.4 is 4.74 Å². The van der Waals surface area contributed by atoms with Crippen molar-refractivity contribution >= 4 is 11.6 Å². The Balaban J connectivity index is 2.32. The number of nitrogens with zero attached hydrogens (tertiary/aromatic N) is 2. The molecule has 2 aromatic rings. The second-order valence-corrected chi connectivity index (χ2v) is 5.31. The SMILES string of the molecule is COc1ccc(C)cc1C(O)Cc1c(Cl)c(C)nn1C. The van der Waals surface area contributed by atoms with Crippen molar-refractivity contribution < 1.29 is 9.84 Å². The number of benzene rings is 1. The molecule has 0 spiro atoms. The highest BCUT2D eigenvalue weighted by Crippen LogP contribution is 2.31. The van der Waals surface area contributed by atoms with Gasteiger partial charge in [0.25, 0.3) is 0 Å². The molecule has 0 radical (unpaired) electrons. The monoisotopic (exact) mass is 294 g/mol. The van der Waals surface area contributed by atoms with E-state index in [9.17, 15) is 5.11 Å². The molecule has 5 heteroatoms. The van der Waals surface area contributed by atoms with Crippen LogP contribution in [0, 0.1) is 13.8 Å². The van der Waals surface area contributed by atoms with Crippen LogP contribution in [0.4, 0.5) is 0 Å². The predicted molar refractivity (Wildman–Crippen MR) is 79.3 cm³/mol. The molecule has 0 bridgehead atoms. The smallest absolute Gasteiger partial charge is 0.124 e.